The van der Waals surface area contributed by atoms with Gasteiger partial charge in [0.2, 0.25) is 5.91 Å². The predicted molar refractivity (Wildman–Crippen MR) is 66.6 cm³/mol. The van der Waals surface area contributed by atoms with Gasteiger partial charge in [0.05, 0.1) is 11.4 Å². The van der Waals surface area contributed by atoms with E-state index in [4.69, 9.17) is 5.11 Å². The highest BCUT2D eigenvalue weighted by Gasteiger charge is 2.20. The van der Waals surface area contributed by atoms with Crippen molar-refractivity contribution >= 4 is 11.9 Å². The number of aromatic carboxylic acids is 1. The Morgan fingerprint density at radius 2 is 1.94 bits per heavy atom. The summed E-state index contributed by atoms with van der Waals surface area (Å²) >= 11 is 0. The first-order valence-corrected chi connectivity index (χ1v) is 5.78. The van der Waals surface area contributed by atoms with Crippen LogP contribution in [0, 0.1) is 13.8 Å². The number of amides is 1. The molecular weight excluding hydrogens is 234 g/mol. The molecule has 0 aliphatic heterocycles. The average Bonchev–Trinajstić information content (AvgIpc) is 2.52. The number of hydrogen-bond donors (Lipinski definition) is 1. The maximum absolute atomic E-state index is 11.9. The third-order valence-corrected chi connectivity index (χ3v) is 3.05. The number of carbonyl (C=O) groups is 2. The number of nitrogens with zero attached hydrogens (tertiary/aromatic N) is 3. The first-order chi connectivity index (χ1) is 8.25. The van der Waals surface area contributed by atoms with E-state index in [9.17, 15) is 9.59 Å². The number of carbonyl (C=O) groups excluding carboxylic acids is 1. The fourth-order valence-electron chi connectivity index (χ4n) is 1.69. The van der Waals surface area contributed by atoms with Crippen LogP contribution in [-0.2, 0) is 11.3 Å². The van der Waals surface area contributed by atoms with Crippen LogP contribution in [0.5, 0.6) is 0 Å². The molecule has 1 N–H and O–H groups in total. The highest BCUT2D eigenvalue weighted by molar-refractivity contribution is 5.90. The maximum atomic E-state index is 11.9. The van der Waals surface area contributed by atoms with Crippen LogP contribution in [0.3, 0.4) is 0 Å². The van der Waals surface area contributed by atoms with Gasteiger partial charge in [-0.15, -0.1) is 0 Å². The van der Waals surface area contributed by atoms with E-state index in [0.717, 1.165) is 0 Å². The fourth-order valence-corrected chi connectivity index (χ4v) is 1.69. The molecule has 0 radical (unpaired) electrons. The standard InChI is InChI=1S/C12H19N3O3/c1-7(2)14(5)10(16)6-15-9(4)11(12(17)18)8(3)13-15/h7H,6H2,1-5H3,(H,17,18). The second-order valence-electron chi connectivity index (χ2n) is 4.61. The first-order valence-electron chi connectivity index (χ1n) is 5.78. The summed E-state index contributed by atoms with van der Waals surface area (Å²) in [7, 11) is 1.72. The quantitative estimate of drug-likeness (QED) is 0.870. The van der Waals surface area contributed by atoms with Gasteiger partial charge in [0.15, 0.2) is 0 Å². The minimum absolute atomic E-state index is 0.0641. The summed E-state index contributed by atoms with van der Waals surface area (Å²) in [6, 6.07) is 0.105. The highest BCUT2D eigenvalue weighted by Crippen LogP contribution is 2.13. The molecule has 6 nitrogen and oxygen atoms in total. The molecule has 18 heavy (non-hydrogen) atoms. The molecule has 1 aromatic rings. The maximum Gasteiger partial charge on any atom is 0.339 e. The summed E-state index contributed by atoms with van der Waals surface area (Å²) in [5.41, 5.74) is 1.11. The van der Waals surface area contributed by atoms with Crippen LogP contribution in [0.1, 0.15) is 35.6 Å². The topological polar surface area (TPSA) is 75.4 Å². The summed E-state index contributed by atoms with van der Waals surface area (Å²) in [5, 5.41) is 13.1. The molecule has 0 spiro atoms. The molecule has 0 fully saturated rings. The number of carboxylic acid groups (broad SMARTS) is 1. The molecule has 1 rings (SSSR count). The Kier molecular flexibility index (Phi) is 4.11. The number of hydrogen-bond acceptors (Lipinski definition) is 3. The van der Waals surface area contributed by atoms with Crippen molar-refractivity contribution < 1.29 is 14.7 Å². The number of aryl methyl sites for hydroxylation is 1. The minimum atomic E-state index is -1.01. The molecule has 0 aromatic carbocycles. The monoisotopic (exact) mass is 253 g/mol. The van der Waals surface area contributed by atoms with Crippen molar-refractivity contribution in [3.8, 4) is 0 Å². The van der Waals surface area contributed by atoms with Gasteiger partial charge in [-0.2, -0.15) is 5.10 Å². The molecule has 1 heterocycles. The lowest BCUT2D eigenvalue weighted by Gasteiger charge is -2.21. The molecule has 0 saturated heterocycles. The van der Waals surface area contributed by atoms with E-state index >= 15 is 0 Å². The van der Waals surface area contributed by atoms with E-state index in [-0.39, 0.29) is 24.1 Å². The average molecular weight is 253 g/mol. The van der Waals surface area contributed by atoms with Crippen molar-refractivity contribution in [2.24, 2.45) is 0 Å². The molecule has 0 saturated carbocycles. The Hall–Kier alpha value is -1.85. The zero-order valence-electron chi connectivity index (χ0n) is 11.4. The summed E-state index contributed by atoms with van der Waals surface area (Å²) in [5.74, 6) is -1.10. The molecule has 1 aromatic heterocycles. The van der Waals surface area contributed by atoms with E-state index in [0.29, 0.717) is 11.4 Å². The van der Waals surface area contributed by atoms with Crippen molar-refractivity contribution in [1.82, 2.24) is 14.7 Å². The number of likely N-dealkylation sites (N-methyl/N-ethyl adjacent to an activating group) is 1. The van der Waals surface area contributed by atoms with Gasteiger partial charge < -0.3 is 10.0 Å². The third-order valence-electron chi connectivity index (χ3n) is 3.05. The van der Waals surface area contributed by atoms with E-state index in [1.54, 1.807) is 25.8 Å². The molecule has 0 aliphatic rings. The van der Waals surface area contributed by atoms with Crippen molar-refractivity contribution in [2.75, 3.05) is 7.05 Å². The molecule has 1 amide bonds. The Balaban J connectivity index is 2.97. The molecule has 100 valence electrons. The second kappa shape index (κ2) is 5.20. The zero-order valence-corrected chi connectivity index (χ0v) is 11.4. The molecule has 0 aliphatic carbocycles. The van der Waals surface area contributed by atoms with Gasteiger partial charge in [0.1, 0.15) is 12.1 Å². The van der Waals surface area contributed by atoms with E-state index in [2.05, 4.69) is 5.10 Å². The molecular formula is C12H19N3O3. The van der Waals surface area contributed by atoms with Gasteiger partial charge in [-0.05, 0) is 27.7 Å². The largest absolute Gasteiger partial charge is 0.478 e. The van der Waals surface area contributed by atoms with Gasteiger partial charge in [-0.25, -0.2) is 4.79 Å². The lowest BCUT2D eigenvalue weighted by molar-refractivity contribution is -0.132. The van der Waals surface area contributed by atoms with Gasteiger partial charge in [0.25, 0.3) is 0 Å². The van der Waals surface area contributed by atoms with Crippen molar-refractivity contribution in [3.63, 3.8) is 0 Å². The SMILES string of the molecule is Cc1nn(CC(=O)N(C)C(C)C)c(C)c1C(=O)O. The molecule has 6 heteroatoms. The normalized spacial score (nSPS) is 10.8. The number of carboxylic acids is 1. The van der Waals surface area contributed by atoms with E-state index < -0.39 is 5.97 Å². The van der Waals surface area contributed by atoms with Crippen LogP contribution in [0.4, 0.5) is 0 Å². The first kappa shape index (κ1) is 14.2. The number of rotatable bonds is 4. The number of aromatic nitrogens is 2. The molecule has 0 bridgehead atoms. The van der Waals surface area contributed by atoms with Crippen LogP contribution >= 0.6 is 0 Å². The van der Waals surface area contributed by atoms with Gasteiger partial charge in [-0.3, -0.25) is 9.48 Å². The third kappa shape index (κ3) is 2.69. The highest BCUT2D eigenvalue weighted by atomic mass is 16.4. The smallest absolute Gasteiger partial charge is 0.339 e. The Morgan fingerprint density at radius 3 is 2.33 bits per heavy atom. The van der Waals surface area contributed by atoms with Crippen LogP contribution in [0.25, 0.3) is 0 Å². The van der Waals surface area contributed by atoms with Gasteiger partial charge in [0, 0.05) is 13.1 Å². The predicted octanol–water partition coefficient (Wildman–Crippen LogP) is 1.06. The van der Waals surface area contributed by atoms with Crippen molar-refractivity contribution in [2.45, 2.75) is 40.3 Å². The lowest BCUT2D eigenvalue weighted by Crippen LogP contribution is -2.36. The lowest BCUT2D eigenvalue weighted by atomic mass is 10.2. The van der Waals surface area contributed by atoms with Crippen LogP contribution in [0.15, 0.2) is 0 Å². The van der Waals surface area contributed by atoms with Gasteiger partial charge >= 0.3 is 5.97 Å². The Bertz CT molecular complexity index is 477. The summed E-state index contributed by atoms with van der Waals surface area (Å²) < 4.78 is 1.44. The second-order valence-corrected chi connectivity index (χ2v) is 4.61. The summed E-state index contributed by atoms with van der Waals surface area (Å²) in [4.78, 5) is 24.6. The molecule has 0 unspecified atom stereocenters. The molecule has 0 atom stereocenters. The zero-order chi connectivity index (χ0) is 14.0. The van der Waals surface area contributed by atoms with Gasteiger partial charge in [-0.1, -0.05) is 0 Å². The van der Waals surface area contributed by atoms with Crippen molar-refractivity contribution in [1.29, 1.82) is 0 Å². The van der Waals surface area contributed by atoms with Crippen LogP contribution < -0.4 is 0 Å². The summed E-state index contributed by atoms with van der Waals surface area (Å²) in [6.45, 7) is 7.19. The van der Waals surface area contributed by atoms with E-state index in [1.807, 2.05) is 13.8 Å². The van der Waals surface area contributed by atoms with Crippen LogP contribution in [0.2, 0.25) is 0 Å². The van der Waals surface area contributed by atoms with Crippen molar-refractivity contribution in [3.05, 3.63) is 17.0 Å². The Morgan fingerprint density at radius 1 is 1.39 bits per heavy atom. The summed E-state index contributed by atoms with van der Waals surface area (Å²) in [6.07, 6.45) is 0. The van der Waals surface area contributed by atoms with Crippen LogP contribution in [-0.4, -0.2) is 44.8 Å². The minimum Gasteiger partial charge on any atom is -0.478 e. The Labute approximate surface area is 106 Å². The van der Waals surface area contributed by atoms with E-state index in [1.165, 1.54) is 4.68 Å². The fraction of sp³-hybridized carbons (Fsp3) is 0.583.